The third kappa shape index (κ3) is 2.85. The van der Waals surface area contributed by atoms with Gasteiger partial charge in [0.2, 0.25) is 0 Å². The first-order valence-electron chi connectivity index (χ1n) is 8.63. The highest BCUT2D eigenvalue weighted by atomic mass is 32.1. The fourth-order valence-corrected chi connectivity index (χ4v) is 5.25. The van der Waals surface area contributed by atoms with Crippen molar-refractivity contribution in [1.29, 1.82) is 0 Å². The van der Waals surface area contributed by atoms with Crippen LogP contribution in [0.5, 0.6) is 0 Å². The van der Waals surface area contributed by atoms with Crippen LogP contribution in [0.25, 0.3) is 0 Å². The van der Waals surface area contributed by atoms with Crippen LogP contribution in [0.4, 0.5) is 5.13 Å². The molecule has 2 heterocycles. The van der Waals surface area contributed by atoms with Gasteiger partial charge in [-0.25, -0.2) is 4.98 Å². The summed E-state index contributed by atoms with van der Waals surface area (Å²) in [6.07, 6.45) is 9.03. The molecule has 1 N–H and O–H groups in total. The molecule has 0 radical (unpaired) electrons. The molecule has 1 aliphatic heterocycles. The van der Waals surface area contributed by atoms with E-state index in [0.717, 1.165) is 0 Å². The van der Waals surface area contributed by atoms with E-state index in [1.165, 1.54) is 73.7 Å². The molecular weight excluding hydrogens is 278 g/mol. The summed E-state index contributed by atoms with van der Waals surface area (Å²) in [7, 11) is 2.08. The molecule has 0 saturated carbocycles. The number of thiazole rings is 1. The molecule has 2 aliphatic rings. The molecule has 1 atom stereocenters. The number of nitrogens with one attached hydrogen (secondary N) is 1. The van der Waals surface area contributed by atoms with E-state index < -0.39 is 0 Å². The Morgan fingerprint density at radius 2 is 2.00 bits per heavy atom. The van der Waals surface area contributed by atoms with E-state index in [9.17, 15) is 0 Å². The largest absolute Gasteiger partial charge is 0.348 e. The van der Waals surface area contributed by atoms with Crippen LogP contribution in [0.2, 0.25) is 0 Å². The maximum Gasteiger partial charge on any atom is 0.185 e. The molecule has 3 rings (SSSR count). The van der Waals surface area contributed by atoms with Gasteiger partial charge in [0, 0.05) is 24.0 Å². The fraction of sp³-hybridized carbons (Fsp3) is 0.824. The number of aryl methyl sites for hydroxylation is 1. The van der Waals surface area contributed by atoms with Crippen LogP contribution in [0.15, 0.2) is 0 Å². The number of anilines is 1. The average Bonchev–Trinajstić information content (AvgIpc) is 2.99. The van der Waals surface area contributed by atoms with Crippen molar-refractivity contribution in [1.82, 2.24) is 10.3 Å². The zero-order valence-electron chi connectivity index (χ0n) is 13.7. The van der Waals surface area contributed by atoms with E-state index in [-0.39, 0.29) is 0 Å². The van der Waals surface area contributed by atoms with Crippen molar-refractivity contribution in [2.45, 2.75) is 64.8 Å². The maximum atomic E-state index is 4.98. The molecule has 3 nitrogen and oxygen atoms in total. The summed E-state index contributed by atoms with van der Waals surface area (Å²) in [5.41, 5.74) is 1.96. The Bertz CT molecular complexity index is 468. The minimum Gasteiger partial charge on any atom is -0.348 e. The van der Waals surface area contributed by atoms with Crippen LogP contribution in [0.1, 0.15) is 69.0 Å². The fourth-order valence-electron chi connectivity index (χ4n) is 3.95. The van der Waals surface area contributed by atoms with Crippen molar-refractivity contribution in [2.24, 2.45) is 5.41 Å². The highest BCUT2D eigenvalue weighted by molar-refractivity contribution is 7.15. The lowest BCUT2D eigenvalue weighted by molar-refractivity contribution is 0.199. The Morgan fingerprint density at radius 1 is 1.29 bits per heavy atom. The van der Waals surface area contributed by atoms with Crippen molar-refractivity contribution in [2.75, 3.05) is 25.0 Å². The van der Waals surface area contributed by atoms with Gasteiger partial charge in [-0.05, 0) is 44.6 Å². The van der Waals surface area contributed by atoms with Crippen LogP contribution in [-0.2, 0) is 6.42 Å². The van der Waals surface area contributed by atoms with E-state index in [4.69, 9.17) is 4.98 Å². The molecule has 1 aromatic rings. The summed E-state index contributed by atoms with van der Waals surface area (Å²) in [6.45, 7) is 7.11. The predicted molar refractivity (Wildman–Crippen MR) is 91.3 cm³/mol. The van der Waals surface area contributed by atoms with E-state index >= 15 is 0 Å². The summed E-state index contributed by atoms with van der Waals surface area (Å²) >= 11 is 1.94. The molecule has 4 heteroatoms. The summed E-state index contributed by atoms with van der Waals surface area (Å²) in [4.78, 5) is 9.02. The number of aromatic nitrogens is 1. The van der Waals surface area contributed by atoms with Gasteiger partial charge < -0.3 is 10.2 Å². The summed E-state index contributed by atoms with van der Waals surface area (Å²) in [5.74, 6) is 0. The highest BCUT2D eigenvalue weighted by Crippen LogP contribution is 2.42. The number of hydrogen-bond acceptors (Lipinski definition) is 4. The Hall–Kier alpha value is -0.610. The van der Waals surface area contributed by atoms with E-state index in [1.807, 2.05) is 11.3 Å². The number of hydrogen-bond donors (Lipinski definition) is 1. The lowest BCUT2D eigenvalue weighted by atomic mass is 9.74. The second-order valence-corrected chi connectivity index (χ2v) is 7.74. The van der Waals surface area contributed by atoms with Gasteiger partial charge in [-0.15, -0.1) is 0 Å². The standard InChI is InChI=1S/C17H29N3S/c1-4-17(5-2)9-11-20(12-10-17)16-19-14-8-6-7-13(18-3)15(14)21-16/h13,18H,4-12H2,1-3H3. The molecule has 21 heavy (non-hydrogen) atoms. The van der Waals surface area contributed by atoms with Crippen LogP contribution in [-0.4, -0.2) is 25.1 Å². The van der Waals surface area contributed by atoms with Gasteiger partial charge >= 0.3 is 0 Å². The molecule has 118 valence electrons. The molecule has 0 bridgehead atoms. The third-order valence-corrected chi connectivity index (χ3v) is 7.15. The quantitative estimate of drug-likeness (QED) is 0.906. The normalized spacial score (nSPS) is 24.9. The Morgan fingerprint density at radius 3 is 2.62 bits per heavy atom. The Kier molecular flexibility index (Phi) is 4.55. The van der Waals surface area contributed by atoms with Crippen LogP contribution in [0, 0.1) is 5.41 Å². The van der Waals surface area contributed by atoms with E-state index in [2.05, 4.69) is 31.1 Å². The first kappa shape index (κ1) is 15.3. The molecule has 0 spiro atoms. The maximum absolute atomic E-state index is 4.98. The monoisotopic (exact) mass is 307 g/mol. The molecule has 0 amide bonds. The van der Waals surface area contributed by atoms with Crippen molar-refractivity contribution in [3.05, 3.63) is 10.6 Å². The van der Waals surface area contributed by atoms with Crippen LogP contribution in [0.3, 0.4) is 0 Å². The van der Waals surface area contributed by atoms with Gasteiger partial charge in [0.15, 0.2) is 5.13 Å². The van der Waals surface area contributed by atoms with Crippen molar-refractivity contribution in [3.8, 4) is 0 Å². The predicted octanol–water partition coefficient (Wildman–Crippen LogP) is 4.15. The lowest BCUT2D eigenvalue weighted by Gasteiger charge is -2.41. The Balaban J connectivity index is 1.73. The van der Waals surface area contributed by atoms with Crippen LogP contribution < -0.4 is 10.2 Å². The molecule has 1 saturated heterocycles. The molecule has 0 aromatic carbocycles. The smallest absolute Gasteiger partial charge is 0.185 e. The average molecular weight is 308 g/mol. The molecule has 1 unspecified atom stereocenters. The topological polar surface area (TPSA) is 28.2 Å². The van der Waals surface area contributed by atoms with E-state index in [0.29, 0.717) is 11.5 Å². The number of piperidine rings is 1. The summed E-state index contributed by atoms with van der Waals surface area (Å²) in [6, 6.07) is 0.537. The lowest BCUT2D eigenvalue weighted by Crippen LogP contribution is -2.39. The van der Waals surface area contributed by atoms with Crippen LogP contribution >= 0.6 is 11.3 Å². The second kappa shape index (κ2) is 6.25. The van der Waals surface area contributed by atoms with Gasteiger partial charge in [0.25, 0.3) is 0 Å². The summed E-state index contributed by atoms with van der Waals surface area (Å²) in [5, 5.41) is 4.74. The number of nitrogens with zero attached hydrogens (tertiary/aromatic N) is 2. The number of rotatable bonds is 4. The van der Waals surface area contributed by atoms with Crippen molar-refractivity contribution >= 4 is 16.5 Å². The van der Waals surface area contributed by atoms with Gasteiger partial charge in [-0.2, -0.15) is 0 Å². The van der Waals surface area contributed by atoms with Crippen molar-refractivity contribution < 1.29 is 0 Å². The molecule has 1 aliphatic carbocycles. The van der Waals surface area contributed by atoms with Gasteiger partial charge in [-0.1, -0.05) is 38.0 Å². The zero-order valence-corrected chi connectivity index (χ0v) is 14.6. The van der Waals surface area contributed by atoms with Gasteiger partial charge in [-0.3, -0.25) is 0 Å². The zero-order chi connectivity index (χ0) is 14.9. The second-order valence-electron chi connectivity index (χ2n) is 6.74. The molecule has 1 fully saturated rings. The van der Waals surface area contributed by atoms with Gasteiger partial charge in [0.1, 0.15) is 0 Å². The highest BCUT2D eigenvalue weighted by Gasteiger charge is 2.33. The van der Waals surface area contributed by atoms with Crippen molar-refractivity contribution in [3.63, 3.8) is 0 Å². The summed E-state index contributed by atoms with van der Waals surface area (Å²) < 4.78 is 0. The molecular formula is C17H29N3S. The van der Waals surface area contributed by atoms with Gasteiger partial charge in [0.05, 0.1) is 5.69 Å². The Labute approximate surface area is 133 Å². The minimum absolute atomic E-state index is 0.537. The SMILES string of the molecule is CCC1(CC)CCN(c2nc3c(s2)C(NC)CCC3)CC1. The number of fused-ring (bicyclic) bond motifs is 1. The molecule has 1 aromatic heterocycles. The first-order valence-corrected chi connectivity index (χ1v) is 9.45. The first-order chi connectivity index (χ1) is 10.2. The third-order valence-electron chi connectivity index (χ3n) is 5.88. The minimum atomic E-state index is 0.537. The van der Waals surface area contributed by atoms with E-state index in [1.54, 1.807) is 0 Å².